The molecule has 0 saturated heterocycles. The number of carboxylic acid groups (broad SMARTS) is 1. The Balaban J connectivity index is 3.62. The van der Waals surface area contributed by atoms with Gasteiger partial charge in [0.25, 0.3) is 0 Å². The van der Waals surface area contributed by atoms with Crippen molar-refractivity contribution in [3.63, 3.8) is 0 Å². The highest BCUT2D eigenvalue weighted by molar-refractivity contribution is 5.74. The summed E-state index contributed by atoms with van der Waals surface area (Å²) in [6.45, 7) is 4.14. The van der Waals surface area contributed by atoms with Crippen LogP contribution in [0.25, 0.3) is 0 Å². The Morgan fingerprint density at radius 1 is 1.29 bits per heavy atom. The number of carbonyl (C=O) groups is 2. The van der Waals surface area contributed by atoms with E-state index in [0.717, 1.165) is 19.3 Å². The number of urea groups is 1. The lowest BCUT2D eigenvalue weighted by molar-refractivity contribution is -0.146. The number of hydrogen-bond acceptors (Lipinski definition) is 3. The minimum atomic E-state index is -1.42. The van der Waals surface area contributed by atoms with Gasteiger partial charge in [0.15, 0.2) is 6.10 Å². The Morgan fingerprint density at radius 3 is 2.47 bits per heavy atom. The third kappa shape index (κ3) is 8.50. The molecule has 1 unspecified atom stereocenters. The molecule has 0 aliphatic rings. The molecule has 6 nitrogen and oxygen atoms in total. The van der Waals surface area contributed by atoms with Gasteiger partial charge in [-0.1, -0.05) is 19.8 Å². The minimum absolute atomic E-state index is 0.00605. The molecule has 0 aromatic carbocycles. The van der Waals surface area contributed by atoms with Gasteiger partial charge in [-0.15, -0.1) is 0 Å². The van der Waals surface area contributed by atoms with E-state index in [1.165, 1.54) is 0 Å². The Kier molecular flexibility index (Phi) is 8.13. The van der Waals surface area contributed by atoms with E-state index in [1.54, 1.807) is 0 Å². The van der Waals surface area contributed by atoms with E-state index in [9.17, 15) is 9.59 Å². The molecule has 6 heteroatoms. The second-order valence-corrected chi connectivity index (χ2v) is 4.09. The van der Waals surface area contributed by atoms with Crippen molar-refractivity contribution >= 4 is 12.0 Å². The number of unbranched alkanes of at least 4 members (excludes halogenated alkanes) is 1. The highest BCUT2D eigenvalue weighted by Crippen LogP contribution is 1.99. The summed E-state index contributed by atoms with van der Waals surface area (Å²) < 4.78 is 0. The van der Waals surface area contributed by atoms with Crippen molar-refractivity contribution in [1.82, 2.24) is 10.6 Å². The maximum Gasteiger partial charge on any atom is 0.332 e. The number of nitrogens with one attached hydrogen (secondary N) is 2. The zero-order valence-electron chi connectivity index (χ0n) is 10.4. The molecule has 0 radical (unpaired) electrons. The molecular formula is C11H22N2O4. The predicted molar refractivity (Wildman–Crippen MR) is 63.8 cm³/mol. The summed E-state index contributed by atoms with van der Waals surface area (Å²) >= 11 is 0. The Morgan fingerprint density at radius 2 is 1.94 bits per heavy atom. The van der Waals surface area contributed by atoms with Gasteiger partial charge in [0, 0.05) is 19.0 Å². The quantitative estimate of drug-likeness (QED) is 0.506. The third-order valence-electron chi connectivity index (χ3n) is 2.36. The summed E-state index contributed by atoms with van der Waals surface area (Å²) in [4.78, 5) is 21.6. The lowest BCUT2D eigenvalue weighted by Gasteiger charge is -2.14. The Bertz CT molecular complexity index is 246. The van der Waals surface area contributed by atoms with E-state index in [4.69, 9.17) is 10.2 Å². The summed E-state index contributed by atoms with van der Waals surface area (Å²) in [6, 6.07) is -0.231. The fourth-order valence-corrected chi connectivity index (χ4v) is 1.30. The zero-order chi connectivity index (χ0) is 13.3. The van der Waals surface area contributed by atoms with Crippen molar-refractivity contribution in [3.8, 4) is 0 Å². The van der Waals surface area contributed by atoms with Crippen molar-refractivity contribution in [3.05, 3.63) is 0 Å². The molecule has 0 rings (SSSR count). The van der Waals surface area contributed by atoms with Crippen molar-refractivity contribution in [1.29, 1.82) is 0 Å². The number of hydrogen-bond donors (Lipinski definition) is 4. The lowest BCUT2D eigenvalue weighted by atomic mass is 10.1. The third-order valence-corrected chi connectivity index (χ3v) is 2.36. The number of rotatable bonds is 8. The van der Waals surface area contributed by atoms with Crippen molar-refractivity contribution in [2.45, 2.75) is 51.7 Å². The van der Waals surface area contributed by atoms with Gasteiger partial charge < -0.3 is 20.8 Å². The van der Waals surface area contributed by atoms with E-state index in [2.05, 4.69) is 17.6 Å². The molecule has 0 heterocycles. The van der Waals surface area contributed by atoms with Crippen LogP contribution in [-0.2, 0) is 4.79 Å². The topological polar surface area (TPSA) is 98.7 Å². The first kappa shape index (κ1) is 15.7. The van der Waals surface area contributed by atoms with Crippen molar-refractivity contribution in [2.75, 3.05) is 6.54 Å². The SMILES string of the molecule is CCCCC(C)NC(=O)NCC[C@H](O)C(=O)O. The molecule has 0 bridgehead atoms. The molecule has 0 aromatic rings. The molecule has 4 N–H and O–H groups in total. The molecule has 0 fully saturated rings. The number of carboxylic acids is 1. The first-order chi connectivity index (χ1) is 7.97. The maximum absolute atomic E-state index is 11.3. The second-order valence-electron chi connectivity index (χ2n) is 4.09. The van der Waals surface area contributed by atoms with Crippen LogP contribution in [-0.4, -0.2) is 40.9 Å². The standard InChI is InChI=1S/C11H22N2O4/c1-3-4-5-8(2)13-11(17)12-7-6-9(14)10(15)16/h8-9,14H,3-7H2,1-2H3,(H,15,16)(H2,12,13,17)/t8?,9-/m0/s1. The van der Waals surface area contributed by atoms with Crippen LogP contribution in [0.3, 0.4) is 0 Å². The number of aliphatic hydroxyl groups is 1. The zero-order valence-corrected chi connectivity index (χ0v) is 10.4. The maximum atomic E-state index is 11.3. The summed E-state index contributed by atoms with van der Waals surface area (Å²) in [5.41, 5.74) is 0. The predicted octanol–water partition coefficient (Wildman–Crippen LogP) is 0.700. The molecular weight excluding hydrogens is 224 g/mol. The summed E-state index contributed by atoms with van der Waals surface area (Å²) in [5.74, 6) is -1.27. The van der Waals surface area contributed by atoms with Gasteiger partial charge in [-0.25, -0.2) is 9.59 Å². The van der Waals surface area contributed by atoms with Crippen LogP contribution in [0.5, 0.6) is 0 Å². The summed E-state index contributed by atoms with van der Waals surface area (Å²) in [7, 11) is 0. The molecule has 0 spiro atoms. The molecule has 0 saturated carbocycles. The minimum Gasteiger partial charge on any atom is -0.479 e. The van der Waals surface area contributed by atoms with Crippen LogP contribution < -0.4 is 10.6 Å². The van der Waals surface area contributed by atoms with E-state index in [-0.39, 0.29) is 25.0 Å². The van der Waals surface area contributed by atoms with E-state index in [0.29, 0.717) is 0 Å². The molecule has 17 heavy (non-hydrogen) atoms. The van der Waals surface area contributed by atoms with Gasteiger partial charge in [-0.05, 0) is 13.3 Å². The van der Waals surface area contributed by atoms with E-state index in [1.807, 2.05) is 6.92 Å². The first-order valence-corrected chi connectivity index (χ1v) is 5.92. The van der Waals surface area contributed by atoms with Crippen molar-refractivity contribution in [2.24, 2.45) is 0 Å². The van der Waals surface area contributed by atoms with Gasteiger partial charge in [-0.2, -0.15) is 0 Å². The Labute approximate surface area is 101 Å². The lowest BCUT2D eigenvalue weighted by Crippen LogP contribution is -2.42. The second kappa shape index (κ2) is 8.81. The Hall–Kier alpha value is -1.30. The fourth-order valence-electron chi connectivity index (χ4n) is 1.30. The van der Waals surface area contributed by atoms with E-state index < -0.39 is 12.1 Å². The van der Waals surface area contributed by atoms with Crippen LogP contribution in [0, 0.1) is 0 Å². The largest absolute Gasteiger partial charge is 0.479 e. The van der Waals surface area contributed by atoms with Gasteiger partial charge in [0.05, 0.1) is 0 Å². The average Bonchev–Trinajstić information content (AvgIpc) is 2.25. The van der Waals surface area contributed by atoms with Crippen LogP contribution in [0.1, 0.15) is 39.5 Å². The van der Waals surface area contributed by atoms with Crippen LogP contribution in [0.2, 0.25) is 0 Å². The van der Waals surface area contributed by atoms with Crippen LogP contribution >= 0.6 is 0 Å². The monoisotopic (exact) mass is 246 g/mol. The summed E-state index contributed by atoms with van der Waals surface area (Å²) in [5, 5.41) is 22.6. The van der Waals surface area contributed by atoms with Crippen LogP contribution in [0.15, 0.2) is 0 Å². The van der Waals surface area contributed by atoms with Gasteiger partial charge >= 0.3 is 12.0 Å². The fraction of sp³-hybridized carbons (Fsp3) is 0.818. The highest BCUT2D eigenvalue weighted by atomic mass is 16.4. The highest BCUT2D eigenvalue weighted by Gasteiger charge is 2.13. The number of aliphatic hydroxyl groups excluding tert-OH is 1. The summed E-state index contributed by atoms with van der Waals surface area (Å²) in [6.07, 6.45) is 1.64. The van der Waals surface area contributed by atoms with E-state index >= 15 is 0 Å². The van der Waals surface area contributed by atoms with Gasteiger partial charge in [0.1, 0.15) is 0 Å². The van der Waals surface area contributed by atoms with Crippen LogP contribution in [0.4, 0.5) is 4.79 Å². The first-order valence-electron chi connectivity index (χ1n) is 5.92. The van der Waals surface area contributed by atoms with Gasteiger partial charge in [0.2, 0.25) is 0 Å². The molecule has 2 atom stereocenters. The number of amides is 2. The number of aliphatic carboxylic acids is 1. The molecule has 100 valence electrons. The molecule has 2 amide bonds. The number of carbonyl (C=O) groups excluding carboxylic acids is 1. The molecule has 0 aliphatic heterocycles. The average molecular weight is 246 g/mol. The van der Waals surface area contributed by atoms with Gasteiger partial charge in [-0.3, -0.25) is 0 Å². The normalized spacial score (nSPS) is 13.8. The molecule has 0 aromatic heterocycles. The van der Waals surface area contributed by atoms with Crippen molar-refractivity contribution < 1.29 is 19.8 Å². The smallest absolute Gasteiger partial charge is 0.332 e. The molecule has 0 aliphatic carbocycles.